The first-order valence-electron chi connectivity index (χ1n) is 6.00. The third-order valence-corrected chi connectivity index (χ3v) is 3.63. The van der Waals surface area contributed by atoms with E-state index in [1.807, 2.05) is 0 Å². The number of amides is 1. The maximum absolute atomic E-state index is 11.8. The maximum Gasteiger partial charge on any atom is 0.233 e. The number of hydrogen-bond acceptors (Lipinski definition) is 1. The Balaban J connectivity index is 2.48. The highest BCUT2D eigenvalue weighted by Crippen LogP contribution is 2.24. The lowest BCUT2D eigenvalue weighted by atomic mass is 10.1. The SMILES string of the molecule is CC(C)CCN(C(=O)CBr)C1CCCC1. The minimum Gasteiger partial charge on any atom is -0.339 e. The molecule has 1 amide bonds. The summed E-state index contributed by atoms with van der Waals surface area (Å²) in [6, 6.07) is 0.522. The average Bonchev–Trinajstić information content (AvgIpc) is 2.70. The highest BCUT2D eigenvalue weighted by Gasteiger charge is 2.25. The summed E-state index contributed by atoms with van der Waals surface area (Å²) in [5.41, 5.74) is 0. The molecule has 0 unspecified atom stereocenters. The monoisotopic (exact) mass is 275 g/mol. The Morgan fingerprint density at radius 3 is 2.47 bits per heavy atom. The van der Waals surface area contributed by atoms with Crippen LogP contribution in [0.1, 0.15) is 46.0 Å². The fourth-order valence-corrected chi connectivity index (χ4v) is 2.52. The first kappa shape index (κ1) is 13.0. The van der Waals surface area contributed by atoms with E-state index in [0.29, 0.717) is 17.3 Å². The molecule has 0 spiro atoms. The summed E-state index contributed by atoms with van der Waals surface area (Å²) in [7, 11) is 0. The van der Waals surface area contributed by atoms with E-state index in [2.05, 4.69) is 34.7 Å². The summed E-state index contributed by atoms with van der Waals surface area (Å²) in [4.78, 5) is 13.9. The molecule has 1 rings (SSSR count). The molecule has 15 heavy (non-hydrogen) atoms. The van der Waals surface area contributed by atoms with Gasteiger partial charge in [0.15, 0.2) is 0 Å². The van der Waals surface area contributed by atoms with E-state index in [9.17, 15) is 4.79 Å². The largest absolute Gasteiger partial charge is 0.339 e. The molecule has 0 aromatic carbocycles. The zero-order chi connectivity index (χ0) is 11.3. The van der Waals surface area contributed by atoms with Gasteiger partial charge >= 0.3 is 0 Å². The molecule has 0 atom stereocenters. The van der Waals surface area contributed by atoms with Crippen molar-refractivity contribution >= 4 is 21.8 Å². The van der Waals surface area contributed by atoms with Gasteiger partial charge in [-0.05, 0) is 25.2 Å². The summed E-state index contributed by atoms with van der Waals surface area (Å²) < 4.78 is 0. The highest BCUT2D eigenvalue weighted by molar-refractivity contribution is 9.09. The molecule has 0 aromatic heterocycles. The van der Waals surface area contributed by atoms with Crippen molar-refractivity contribution in [2.24, 2.45) is 5.92 Å². The van der Waals surface area contributed by atoms with Gasteiger partial charge in [0.1, 0.15) is 0 Å². The predicted molar refractivity (Wildman–Crippen MR) is 67.2 cm³/mol. The molecule has 1 fully saturated rings. The van der Waals surface area contributed by atoms with E-state index < -0.39 is 0 Å². The highest BCUT2D eigenvalue weighted by atomic mass is 79.9. The van der Waals surface area contributed by atoms with Crippen molar-refractivity contribution in [1.29, 1.82) is 0 Å². The fourth-order valence-electron chi connectivity index (χ4n) is 2.20. The lowest BCUT2D eigenvalue weighted by Crippen LogP contribution is -2.40. The molecule has 1 aliphatic rings. The van der Waals surface area contributed by atoms with Gasteiger partial charge in [0.25, 0.3) is 0 Å². The van der Waals surface area contributed by atoms with Crippen molar-refractivity contribution in [3.8, 4) is 0 Å². The second-order valence-corrected chi connectivity index (χ2v) is 5.40. The van der Waals surface area contributed by atoms with Crippen LogP contribution in [-0.2, 0) is 4.79 Å². The van der Waals surface area contributed by atoms with Crippen molar-refractivity contribution < 1.29 is 4.79 Å². The minimum atomic E-state index is 0.266. The van der Waals surface area contributed by atoms with Gasteiger partial charge in [-0.15, -0.1) is 0 Å². The molecule has 1 saturated carbocycles. The summed E-state index contributed by atoms with van der Waals surface area (Å²) in [6.45, 7) is 5.36. The lowest BCUT2D eigenvalue weighted by molar-refractivity contribution is -0.130. The summed E-state index contributed by atoms with van der Waals surface area (Å²) in [6.07, 6.45) is 6.11. The third-order valence-electron chi connectivity index (χ3n) is 3.15. The minimum absolute atomic E-state index is 0.266. The van der Waals surface area contributed by atoms with Gasteiger partial charge in [-0.3, -0.25) is 4.79 Å². The van der Waals surface area contributed by atoms with Crippen LogP contribution >= 0.6 is 15.9 Å². The van der Waals surface area contributed by atoms with Crippen LogP contribution < -0.4 is 0 Å². The quantitative estimate of drug-likeness (QED) is 0.706. The van der Waals surface area contributed by atoms with Crippen LogP contribution in [0.2, 0.25) is 0 Å². The van der Waals surface area contributed by atoms with E-state index in [0.717, 1.165) is 13.0 Å². The Hall–Kier alpha value is -0.0500. The summed E-state index contributed by atoms with van der Waals surface area (Å²) >= 11 is 3.28. The Bertz CT molecular complexity index is 200. The van der Waals surface area contributed by atoms with E-state index in [4.69, 9.17) is 0 Å². The first-order valence-corrected chi connectivity index (χ1v) is 7.12. The molecule has 0 heterocycles. The van der Waals surface area contributed by atoms with Gasteiger partial charge in [0.05, 0.1) is 5.33 Å². The molecule has 2 nitrogen and oxygen atoms in total. The van der Waals surface area contributed by atoms with Crippen LogP contribution in [0.3, 0.4) is 0 Å². The second kappa shape index (κ2) is 6.51. The summed E-state index contributed by atoms with van der Waals surface area (Å²) in [5.74, 6) is 0.944. The van der Waals surface area contributed by atoms with Crippen LogP contribution in [0.25, 0.3) is 0 Å². The second-order valence-electron chi connectivity index (χ2n) is 4.84. The van der Waals surface area contributed by atoms with E-state index in [-0.39, 0.29) is 5.91 Å². The van der Waals surface area contributed by atoms with Gasteiger partial charge in [-0.2, -0.15) is 0 Å². The fraction of sp³-hybridized carbons (Fsp3) is 0.917. The summed E-state index contributed by atoms with van der Waals surface area (Å²) in [5, 5.41) is 0.474. The number of alkyl halides is 1. The standard InChI is InChI=1S/C12H22BrNO/c1-10(2)7-8-14(12(15)9-13)11-5-3-4-6-11/h10-11H,3-9H2,1-2H3. The van der Waals surface area contributed by atoms with Crippen LogP contribution in [0.5, 0.6) is 0 Å². The smallest absolute Gasteiger partial charge is 0.233 e. The van der Waals surface area contributed by atoms with Crippen molar-refractivity contribution in [3.05, 3.63) is 0 Å². The zero-order valence-electron chi connectivity index (χ0n) is 9.84. The molecule has 0 aliphatic heterocycles. The average molecular weight is 276 g/mol. The molecular formula is C12H22BrNO. The molecule has 0 aromatic rings. The molecule has 0 saturated heterocycles. The van der Waals surface area contributed by atoms with E-state index in [1.54, 1.807) is 0 Å². The number of halogens is 1. The van der Waals surface area contributed by atoms with Gasteiger partial charge in [-0.25, -0.2) is 0 Å². The number of carbonyl (C=O) groups excluding carboxylic acids is 1. The number of carbonyl (C=O) groups is 1. The molecular weight excluding hydrogens is 254 g/mol. The first-order chi connectivity index (χ1) is 7.15. The Morgan fingerprint density at radius 1 is 1.40 bits per heavy atom. The van der Waals surface area contributed by atoms with Crippen molar-refractivity contribution in [2.75, 3.05) is 11.9 Å². The Kier molecular flexibility index (Phi) is 5.65. The zero-order valence-corrected chi connectivity index (χ0v) is 11.4. The van der Waals surface area contributed by atoms with Crippen molar-refractivity contribution in [1.82, 2.24) is 4.90 Å². The van der Waals surface area contributed by atoms with Gasteiger partial charge < -0.3 is 4.90 Å². The topological polar surface area (TPSA) is 20.3 Å². The third kappa shape index (κ3) is 4.13. The Labute approximate surface area is 102 Å². The van der Waals surface area contributed by atoms with E-state index >= 15 is 0 Å². The van der Waals surface area contributed by atoms with Crippen LogP contribution in [-0.4, -0.2) is 28.7 Å². The molecule has 88 valence electrons. The molecule has 0 radical (unpaired) electrons. The van der Waals surface area contributed by atoms with Crippen molar-refractivity contribution in [3.63, 3.8) is 0 Å². The molecule has 3 heteroatoms. The molecule has 1 aliphatic carbocycles. The van der Waals surface area contributed by atoms with E-state index in [1.165, 1.54) is 25.7 Å². The lowest BCUT2D eigenvalue weighted by Gasteiger charge is -2.29. The number of rotatable bonds is 5. The maximum atomic E-state index is 11.8. The van der Waals surface area contributed by atoms with Crippen LogP contribution in [0.15, 0.2) is 0 Å². The van der Waals surface area contributed by atoms with Gasteiger partial charge in [0.2, 0.25) is 5.91 Å². The Morgan fingerprint density at radius 2 is 2.00 bits per heavy atom. The number of nitrogens with zero attached hydrogens (tertiary/aromatic N) is 1. The normalized spacial score (nSPS) is 17.3. The number of hydrogen-bond donors (Lipinski definition) is 0. The van der Waals surface area contributed by atoms with Gasteiger partial charge in [-0.1, -0.05) is 42.6 Å². The van der Waals surface area contributed by atoms with Gasteiger partial charge in [0, 0.05) is 12.6 Å². The molecule has 0 bridgehead atoms. The van der Waals surface area contributed by atoms with Crippen molar-refractivity contribution in [2.45, 2.75) is 52.0 Å². The van der Waals surface area contributed by atoms with Crippen LogP contribution in [0, 0.1) is 5.92 Å². The molecule has 0 N–H and O–H groups in total. The predicted octanol–water partition coefficient (Wildman–Crippen LogP) is 3.20. The van der Waals surface area contributed by atoms with Crippen LogP contribution in [0.4, 0.5) is 0 Å².